The molecule has 1 N–H and O–H groups in total. The molecule has 0 radical (unpaired) electrons. The Balaban J connectivity index is 2.21. The summed E-state index contributed by atoms with van der Waals surface area (Å²) >= 11 is 0. The van der Waals surface area contributed by atoms with E-state index < -0.39 is 0 Å². The van der Waals surface area contributed by atoms with E-state index in [0.29, 0.717) is 0 Å². The van der Waals surface area contributed by atoms with Crippen LogP contribution in [-0.4, -0.2) is 26.2 Å². The molecular formula is C17H25NO3. The fraction of sp³-hybridized carbons (Fsp3) is 0.588. The van der Waals surface area contributed by atoms with Gasteiger partial charge >= 0.3 is 5.97 Å². The molecule has 2 atom stereocenters. The van der Waals surface area contributed by atoms with Crippen molar-refractivity contribution in [2.24, 2.45) is 5.92 Å². The van der Waals surface area contributed by atoms with Crippen LogP contribution in [0.25, 0.3) is 0 Å². The summed E-state index contributed by atoms with van der Waals surface area (Å²) in [5.74, 6) is 0.898. The highest BCUT2D eigenvalue weighted by molar-refractivity contribution is 5.76. The number of fused-ring (bicyclic) bond motifs is 1. The SMILES string of the molecule is COC(=O)[C@@H](NC1CCCc2cc(OC)ccc21)C(C)C. The van der Waals surface area contributed by atoms with Crippen LogP contribution in [0.15, 0.2) is 18.2 Å². The van der Waals surface area contributed by atoms with E-state index in [1.165, 1.54) is 18.2 Å². The Morgan fingerprint density at radius 1 is 1.33 bits per heavy atom. The lowest BCUT2D eigenvalue weighted by Crippen LogP contribution is -2.44. The van der Waals surface area contributed by atoms with Crippen LogP contribution in [0.1, 0.15) is 43.9 Å². The predicted octanol–water partition coefficient (Wildman–Crippen LogP) is 2.86. The number of aryl methyl sites for hydroxylation is 1. The maximum Gasteiger partial charge on any atom is 0.323 e. The summed E-state index contributed by atoms with van der Waals surface area (Å²) in [7, 11) is 3.13. The number of methoxy groups -OCH3 is 2. The van der Waals surface area contributed by atoms with Gasteiger partial charge in [0.15, 0.2) is 0 Å². The van der Waals surface area contributed by atoms with Crippen LogP contribution >= 0.6 is 0 Å². The molecule has 0 saturated carbocycles. The van der Waals surface area contributed by atoms with Gasteiger partial charge in [0.05, 0.1) is 14.2 Å². The molecule has 0 bridgehead atoms. The zero-order valence-corrected chi connectivity index (χ0v) is 13.3. The van der Waals surface area contributed by atoms with E-state index in [1.54, 1.807) is 7.11 Å². The first kappa shape index (κ1) is 15.8. The Kier molecular flexibility index (Phi) is 5.23. The minimum Gasteiger partial charge on any atom is -0.497 e. The van der Waals surface area contributed by atoms with Gasteiger partial charge in [-0.05, 0) is 48.4 Å². The maximum absolute atomic E-state index is 11.9. The summed E-state index contributed by atoms with van der Waals surface area (Å²) in [5, 5.41) is 3.48. The largest absolute Gasteiger partial charge is 0.497 e. The number of benzene rings is 1. The molecule has 0 amide bonds. The van der Waals surface area contributed by atoms with E-state index in [0.717, 1.165) is 25.0 Å². The minimum absolute atomic E-state index is 0.189. The lowest BCUT2D eigenvalue weighted by atomic mass is 9.86. The van der Waals surface area contributed by atoms with Crippen LogP contribution in [0.3, 0.4) is 0 Å². The van der Waals surface area contributed by atoms with E-state index in [-0.39, 0.29) is 24.0 Å². The zero-order valence-electron chi connectivity index (χ0n) is 13.3. The van der Waals surface area contributed by atoms with Gasteiger partial charge in [-0.15, -0.1) is 0 Å². The number of nitrogens with one attached hydrogen (secondary N) is 1. The number of carbonyl (C=O) groups is 1. The van der Waals surface area contributed by atoms with Crippen molar-refractivity contribution in [3.8, 4) is 5.75 Å². The summed E-state index contributed by atoms with van der Waals surface area (Å²) < 4.78 is 10.2. The highest BCUT2D eigenvalue weighted by Gasteiger charge is 2.29. The number of rotatable bonds is 5. The fourth-order valence-corrected chi connectivity index (χ4v) is 2.97. The van der Waals surface area contributed by atoms with Crippen molar-refractivity contribution in [2.75, 3.05) is 14.2 Å². The third-order valence-electron chi connectivity index (χ3n) is 4.17. The van der Waals surface area contributed by atoms with E-state index in [9.17, 15) is 4.79 Å². The smallest absolute Gasteiger partial charge is 0.323 e. The second-order valence-corrected chi connectivity index (χ2v) is 5.92. The fourth-order valence-electron chi connectivity index (χ4n) is 2.97. The van der Waals surface area contributed by atoms with Crippen LogP contribution in [0.5, 0.6) is 5.75 Å². The second-order valence-electron chi connectivity index (χ2n) is 5.92. The van der Waals surface area contributed by atoms with Gasteiger partial charge in [0.2, 0.25) is 0 Å². The monoisotopic (exact) mass is 291 g/mol. The standard InChI is InChI=1S/C17H25NO3/c1-11(2)16(17(19)21-4)18-15-7-5-6-12-10-13(20-3)8-9-14(12)15/h8-11,15-16,18H,5-7H2,1-4H3/t15?,16-/m0/s1. The van der Waals surface area contributed by atoms with Gasteiger partial charge < -0.3 is 9.47 Å². The summed E-state index contributed by atoms with van der Waals surface area (Å²) in [6.45, 7) is 4.07. The molecule has 0 heterocycles. The van der Waals surface area contributed by atoms with Gasteiger partial charge in [-0.1, -0.05) is 19.9 Å². The first-order chi connectivity index (χ1) is 10.1. The molecule has 4 heteroatoms. The molecule has 0 aromatic heterocycles. The molecule has 1 aliphatic carbocycles. The third kappa shape index (κ3) is 3.56. The molecule has 0 aliphatic heterocycles. The molecule has 4 nitrogen and oxygen atoms in total. The Morgan fingerprint density at radius 2 is 2.10 bits per heavy atom. The van der Waals surface area contributed by atoms with Crippen molar-refractivity contribution in [3.63, 3.8) is 0 Å². The highest BCUT2D eigenvalue weighted by atomic mass is 16.5. The minimum atomic E-state index is -0.270. The predicted molar refractivity (Wildman–Crippen MR) is 82.5 cm³/mol. The molecule has 2 rings (SSSR count). The van der Waals surface area contributed by atoms with Crippen molar-refractivity contribution in [1.82, 2.24) is 5.32 Å². The topological polar surface area (TPSA) is 47.6 Å². The van der Waals surface area contributed by atoms with Crippen LogP contribution in [0.4, 0.5) is 0 Å². The van der Waals surface area contributed by atoms with Gasteiger partial charge in [0.25, 0.3) is 0 Å². The summed E-state index contributed by atoms with van der Waals surface area (Å²) in [4.78, 5) is 11.9. The molecule has 1 aliphatic rings. The van der Waals surface area contributed by atoms with Crippen LogP contribution in [0.2, 0.25) is 0 Å². The number of ether oxygens (including phenoxy) is 2. The van der Waals surface area contributed by atoms with Gasteiger partial charge in [-0.2, -0.15) is 0 Å². The summed E-state index contributed by atoms with van der Waals surface area (Å²) in [6, 6.07) is 6.13. The van der Waals surface area contributed by atoms with E-state index in [1.807, 2.05) is 19.9 Å². The molecule has 1 unspecified atom stereocenters. The van der Waals surface area contributed by atoms with Crippen molar-refractivity contribution in [3.05, 3.63) is 29.3 Å². The highest BCUT2D eigenvalue weighted by Crippen LogP contribution is 2.33. The molecule has 0 spiro atoms. The molecule has 1 aromatic carbocycles. The van der Waals surface area contributed by atoms with Crippen molar-refractivity contribution < 1.29 is 14.3 Å². The first-order valence-electron chi connectivity index (χ1n) is 7.57. The van der Waals surface area contributed by atoms with Crippen LogP contribution in [-0.2, 0) is 16.0 Å². The Bertz CT molecular complexity index is 499. The van der Waals surface area contributed by atoms with Crippen LogP contribution in [0, 0.1) is 5.92 Å². The van der Waals surface area contributed by atoms with Crippen LogP contribution < -0.4 is 10.1 Å². The number of hydrogen-bond acceptors (Lipinski definition) is 4. The molecule has 21 heavy (non-hydrogen) atoms. The third-order valence-corrected chi connectivity index (χ3v) is 4.17. The normalized spacial score (nSPS) is 19.0. The Labute approximate surface area is 126 Å². The van der Waals surface area contributed by atoms with Gasteiger partial charge in [0, 0.05) is 6.04 Å². The van der Waals surface area contributed by atoms with Gasteiger partial charge in [0.1, 0.15) is 11.8 Å². The second kappa shape index (κ2) is 6.94. The molecule has 116 valence electrons. The average molecular weight is 291 g/mol. The van der Waals surface area contributed by atoms with Crippen molar-refractivity contribution in [1.29, 1.82) is 0 Å². The van der Waals surface area contributed by atoms with Crippen molar-refractivity contribution >= 4 is 5.97 Å². The molecule has 0 fully saturated rings. The zero-order chi connectivity index (χ0) is 15.4. The van der Waals surface area contributed by atoms with Gasteiger partial charge in [-0.3, -0.25) is 10.1 Å². The summed E-state index contributed by atoms with van der Waals surface area (Å²) in [5.41, 5.74) is 2.59. The Hall–Kier alpha value is -1.55. The lowest BCUT2D eigenvalue weighted by molar-refractivity contribution is -0.144. The molecular weight excluding hydrogens is 266 g/mol. The van der Waals surface area contributed by atoms with E-state index in [2.05, 4.69) is 17.4 Å². The average Bonchev–Trinajstić information content (AvgIpc) is 2.50. The number of carbonyl (C=O) groups excluding carboxylic acids is 1. The van der Waals surface area contributed by atoms with E-state index >= 15 is 0 Å². The maximum atomic E-state index is 11.9. The summed E-state index contributed by atoms with van der Waals surface area (Å²) in [6.07, 6.45) is 3.22. The van der Waals surface area contributed by atoms with Crippen molar-refractivity contribution in [2.45, 2.75) is 45.2 Å². The quantitative estimate of drug-likeness (QED) is 0.847. The number of hydrogen-bond donors (Lipinski definition) is 1. The number of esters is 1. The van der Waals surface area contributed by atoms with Gasteiger partial charge in [-0.25, -0.2) is 0 Å². The molecule has 1 aromatic rings. The van der Waals surface area contributed by atoms with E-state index in [4.69, 9.17) is 9.47 Å². The lowest BCUT2D eigenvalue weighted by Gasteiger charge is -2.31. The Morgan fingerprint density at radius 3 is 2.71 bits per heavy atom. The molecule has 0 saturated heterocycles. The first-order valence-corrected chi connectivity index (χ1v) is 7.57.